The van der Waals surface area contributed by atoms with Crippen molar-refractivity contribution in [3.05, 3.63) is 48.5 Å². The molecular weight excluding hydrogens is 362 g/mol. The summed E-state index contributed by atoms with van der Waals surface area (Å²) in [6.07, 6.45) is 1.99. The normalized spacial score (nSPS) is 13.8. The number of carbonyl (C=O) groups is 2. The number of hydrogen-bond acceptors (Lipinski definition) is 4. The van der Waals surface area contributed by atoms with Crippen molar-refractivity contribution in [3.63, 3.8) is 0 Å². The maximum Gasteiger partial charge on any atom is 0.325 e. The zero-order valence-electron chi connectivity index (χ0n) is 15.5. The van der Waals surface area contributed by atoms with E-state index in [0.717, 1.165) is 22.0 Å². The minimum atomic E-state index is -0.199. The first-order valence-electron chi connectivity index (χ1n) is 8.84. The zero-order valence-corrected chi connectivity index (χ0v) is 16.3. The van der Waals surface area contributed by atoms with Gasteiger partial charge in [-0.25, -0.2) is 4.79 Å². The van der Waals surface area contributed by atoms with Gasteiger partial charge < -0.3 is 15.0 Å². The number of carbonyl (C=O) groups excluding carboxylic acids is 2. The third-order valence-electron chi connectivity index (χ3n) is 4.24. The Kier molecular flexibility index (Phi) is 6.24. The predicted molar refractivity (Wildman–Crippen MR) is 109 cm³/mol. The predicted octanol–water partition coefficient (Wildman–Crippen LogP) is 3.69. The third-order valence-corrected chi connectivity index (χ3v) is 4.97. The Morgan fingerprint density at radius 1 is 1.19 bits per heavy atom. The van der Waals surface area contributed by atoms with Crippen LogP contribution in [0, 0.1) is 0 Å². The monoisotopic (exact) mass is 385 g/mol. The second-order valence-corrected chi connectivity index (χ2v) is 6.94. The molecule has 0 aromatic heterocycles. The lowest BCUT2D eigenvalue weighted by atomic mass is 10.3. The molecule has 0 aliphatic carbocycles. The fourth-order valence-electron chi connectivity index (χ4n) is 2.93. The first-order valence-corrected chi connectivity index (χ1v) is 10.1. The number of hydrogen-bond donors (Lipinski definition) is 1. The van der Waals surface area contributed by atoms with E-state index in [4.69, 9.17) is 4.74 Å². The second-order valence-electron chi connectivity index (χ2n) is 6.06. The Hall–Kier alpha value is -2.67. The summed E-state index contributed by atoms with van der Waals surface area (Å²) in [5.41, 5.74) is 1.54. The van der Waals surface area contributed by atoms with Gasteiger partial charge in [0, 0.05) is 29.4 Å². The topological polar surface area (TPSA) is 61.9 Å². The summed E-state index contributed by atoms with van der Waals surface area (Å²) in [6.45, 7) is 3.64. The molecule has 0 saturated carbocycles. The van der Waals surface area contributed by atoms with Crippen molar-refractivity contribution >= 4 is 35.1 Å². The highest BCUT2D eigenvalue weighted by Crippen LogP contribution is 2.23. The van der Waals surface area contributed by atoms with Crippen molar-refractivity contribution in [1.82, 2.24) is 4.90 Å². The standard InChI is InChI=1S/C20H23N3O3S/c1-3-26-17-9-7-16(8-10-17)23-12-11-22(20(23)25)14-19(24)21-15-5-4-6-18(13-15)27-2/h4-10,13H,3,11-12,14H2,1-2H3,(H,21,24). The molecule has 3 rings (SSSR count). The van der Waals surface area contributed by atoms with Crippen molar-refractivity contribution in [2.24, 2.45) is 0 Å². The van der Waals surface area contributed by atoms with E-state index in [-0.39, 0.29) is 18.5 Å². The number of benzene rings is 2. The van der Waals surface area contributed by atoms with Crippen LogP contribution in [-0.2, 0) is 4.79 Å². The van der Waals surface area contributed by atoms with Crippen LogP contribution in [0.3, 0.4) is 0 Å². The van der Waals surface area contributed by atoms with Crippen LogP contribution in [0.2, 0.25) is 0 Å². The van der Waals surface area contributed by atoms with Crippen LogP contribution in [0.25, 0.3) is 0 Å². The summed E-state index contributed by atoms with van der Waals surface area (Å²) < 4.78 is 5.43. The first kappa shape index (κ1) is 19.1. The number of nitrogens with zero attached hydrogens (tertiary/aromatic N) is 2. The van der Waals surface area contributed by atoms with E-state index < -0.39 is 0 Å². The number of thioether (sulfide) groups is 1. The van der Waals surface area contributed by atoms with Gasteiger partial charge in [-0.3, -0.25) is 9.69 Å². The molecule has 6 nitrogen and oxygen atoms in total. The summed E-state index contributed by atoms with van der Waals surface area (Å²) in [5.74, 6) is 0.576. The fraction of sp³-hybridized carbons (Fsp3) is 0.300. The molecule has 2 aromatic carbocycles. The van der Waals surface area contributed by atoms with E-state index in [1.54, 1.807) is 21.6 Å². The van der Waals surface area contributed by atoms with Gasteiger partial charge in [-0.15, -0.1) is 11.8 Å². The maximum atomic E-state index is 12.6. The lowest BCUT2D eigenvalue weighted by Crippen LogP contribution is -2.37. The third kappa shape index (κ3) is 4.74. The van der Waals surface area contributed by atoms with Gasteiger partial charge in [0.05, 0.1) is 6.61 Å². The average Bonchev–Trinajstić information content (AvgIpc) is 3.03. The molecule has 0 bridgehead atoms. The largest absolute Gasteiger partial charge is 0.494 e. The van der Waals surface area contributed by atoms with Crippen LogP contribution in [0.1, 0.15) is 6.92 Å². The summed E-state index contributed by atoms with van der Waals surface area (Å²) in [6, 6.07) is 14.9. The molecule has 1 fully saturated rings. The van der Waals surface area contributed by atoms with E-state index in [1.165, 1.54) is 0 Å². The highest BCUT2D eigenvalue weighted by Gasteiger charge is 2.30. The van der Waals surface area contributed by atoms with Crippen molar-refractivity contribution in [2.45, 2.75) is 11.8 Å². The zero-order chi connectivity index (χ0) is 19.2. The fourth-order valence-corrected chi connectivity index (χ4v) is 3.39. The number of nitrogens with one attached hydrogen (secondary N) is 1. The van der Waals surface area contributed by atoms with E-state index in [2.05, 4.69) is 5.32 Å². The van der Waals surface area contributed by atoms with Gasteiger partial charge >= 0.3 is 6.03 Å². The summed E-state index contributed by atoms with van der Waals surface area (Å²) in [7, 11) is 0. The van der Waals surface area contributed by atoms with E-state index in [0.29, 0.717) is 19.7 Å². The van der Waals surface area contributed by atoms with Crippen LogP contribution >= 0.6 is 11.8 Å². The summed E-state index contributed by atoms with van der Waals surface area (Å²) >= 11 is 1.61. The highest BCUT2D eigenvalue weighted by molar-refractivity contribution is 7.98. The molecular formula is C20H23N3O3S. The lowest BCUT2D eigenvalue weighted by Gasteiger charge is -2.19. The number of rotatable bonds is 7. The van der Waals surface area contributed by atoms with Crippen LogP contribution < -0.4 is 15.0 Å². The number of amides is 3. The molecule has 0 unspecified atom stereocenters. The van der Waals surface area contributed by atoms with Gasteiger partial charge in [-0.2, -0.15) is 0 Å². The lowest BCUT2D eigenvalue weighted by molar-refractivity contribution is -0.116. The SMILES string of the molecule is CCOc1ccc(N2CCN(CC(=O)Nc3cccc(SC)c3)C2=O)cc1. The van der Waals surface area contributed by atoms with Crippen LogP contribution in [0.15, 0.2) is 53.4 Å². The number of anilines is 2. The molecule has 2 aromatic rings. The van der Waals surface area contributed by atoms with Crippen LogP contribution in [0.5, 0.6) is 5.75 Å². The molecule has 1 aliphatic rings. The molecule has 1 aliphatic heterocycles. The maximum absolute atomic E-state index is 12.6. The molecule has 0 radical (unpaired) electrons. The van der Waals surface area contributed by atoms with Crippen molar-refractivity contribution in [1.29, 1.82) is 0 Å². The van der Waals surface area contributed by atoms with E-state index in [9.17, 15) is 9.59 Å². The molecule has 1 N–H and O–H groups in total. The average molecular weight is 385 g/mol. The molecule has 0 spiro atoms. The molecule has 3 amide bonds. The minimum absolute atomic E-state index is 0.0376. The van der Waals surface area contributed by atoms with Gasteiger partial charge in [0.1, 0.15) is 12.3 Å². The van der Waals surface area contributed by atoms with Crippen molar-refractivity contribution in [3.8, 4) is 5.75 Å². The molecule has 0 atom stereocenters. The van der Waals surface area contributed by atoms with E-state index >= 15 is 0 Å². The van der Waals surface area contributed by atoms with Crippen LogP contribution in [0.4, 0.5) is 16.2 Å². The van der Waals surface area contributed by atoms with Crippen molar-refractivity contribution < 1.29 is 14.3 Å². The molecule has 1 heterocycles. The molecule has 142 valence electrons. The van der Waals surface area contributed by atoms with Gasteiger partial charge in [-0.1, -0.05) is 6.07 Å². The van der Waals surface area contributed by atoms with Gasteiger partial charge in [-0.05, 0) is 55.6 Å². The Balaban J connectivity index is 1.58. The summed E-state index contributed by atoms with van der Waals surface area (Å²) in [5, 5.41) is 2.86. The van der Waals surface area contributed by atoms with Gasteiger partial charge in [0.25, 0.3) is 0 Å². The minimum Gasteiger partial charge on any atom is -0.494 e. The Morgan fingerprint density at radius 3 is 2.67 bits per heavy atom. The number of urea groups is 1. The molecule has 7 heteroatoms. The van der Waals surface area contributed by atoms with Gasteiger partial charge in [0.15, 0.2) is 0 Å². The Bertz CT molecular complexity index is 810. The Labute approximate surface area is 163 Å². The van der Waals surface area contributed by atoms with E-state index in [1.807, 2.05) is 61.7 Å². The molecule has 27 heavy (non-hydrogen) atoms. The van der Waals surface area contributed by atoms with Crippen LogP contribution in [-0.4, -0.2) is 49.3 Å². The van der Waals surface area contributed by atoms with Gasteiger partial charge in [0.2, 0.25) is 5.91 Å². The highest BCUT2D eigenvalue weighted by atomic mass is 32.2. The van der Waals surface area contributed by atoms with Crippen molar-refractivity contribution in [2.75, 3.05) is 42.7 Å². The quantitative estimate of drug-likeness (QED) is 0.739. The summed E-state index contributed by atoms with van der Waals surface area (Å²) in [4.78, 5) is 29.3. The number of ether oxygens (including phenoxy) is 1. The first-order chi connectivity index (χ1) is 13.1. The smallest absolute Gasteiger partial charge is 0.325 e. The second kappa shape index (κ2) is 8.81. The molecule has 1 saturated heterocycles. The Morgan fingerprint density at radius 2 is 1.96 bits per heavy atom.